The van der Waals surface area contributed by atoms with Gasteiger partial charge in [-0.1, -0.05) is 13.8 Å². The topological polar surface area (TPSA) is 61.4 Å². The van der Waals surface area contributed by atoms with Gasteiger partial charge in [-0.3, -0.25) is 4.79 Å². The van der Waals surface area contributed by atoms with Gasteiger partial charge in [0.25, 0.3) is 5.91 Å². The van der Waals surface area contributed by atoms with Crippen LogP contribution in [0, 0.1) is 0 Å². The second-order valence-corrected chi connectivity index (χ2v) is 4.57. The lowest BCUT2D eigenvalue weighted by Crippen LogP contribution is -2.32. The average Bonchev–Trinajstić information content (AvgIpc) is 2.47. The summed E-state index contributed by atoms with van der Waals surface area (Å²) in [6.45, 7) is 5.66. The maximum absolute atomic E-state index is 12.3. The molecule has 0 saturated carbocycles. The van der Waals surface area contributed by atoms with Crippen molar-refractivity contribution in [3.63, 3.8) is 0 Å². The third kappa shape index (κ3) is 4.57. The van der Waals surface area contributed by atoms with Crippen LogP contribution < -0.4 is 10.6 Å². The molecule has 0 aliphatic carbocycles. The molecule has 0 fully saturated rings. The Bertz CT molecular complexity index is 437. The zero-order valence-electron chi connectivity index (χ0n) is 12.4. The van der Waals surface area contributed by atoms with Gasteiger partial charge in [0.2, 0.25) is 0 Å². The van der Waals surface area contributed by atoms with Crippen molar-refractivity contribution in [1.29, 1.82) is 0 Å². The van der Waals surface area contributed by atoms with Gasteiger partial charge in [0, 0.05) is 31.4 Å². The molecule has 5 nitrogen and oxygen atoms in total. The van der Waals surface area contributed by atoms with Crippen LogP contribution in [-0.4, -0.2) is 37.0 Å². The highest BCUT2D eigenvalue weighted by molar-refractivity contribution is 5.95. The highest BCUT2D eigenvalue weighted by Gasteiger charge is 2.13. The van der Waals surface area contributed by atoms with Crippen LogP contribution in [0.2, 0.25) is 0 Å². The van der Waals surface area contributed by atoms with E-state index in [1.165, 1.54) is 0 Å². The second-order valence-electron chi connectivity index (χ2n) is 4.57. The van der Waals surface area contributed by atoms with E-state index in [0.29, 0.717) is 11.3 Å². The van der Waals surface area contributed by atoms with Gasteiger partial charge in [-0.25, -0.2) is 4.79 Å². The summed E-state index contributed by atoms with van der Waals surface area (Å²) in [5.41, 5.74) is 1.31. The predicted molar refractivity (Wildman–Crippen MR) is 81.0 cm³/mol. The van der Waals surface area contributed by atoms with Gasteiger partial charge in [-0.2, -0.15) is 0 Å². The highest BCUT2D eigenvalue weighted by atomic mass is 16.2. The van der Waals surface area contributed by atoms with Crippen LogP contribution in [-0.2, 0) is 0 Å². The molecule has 0 heterocycles. The molecule has 0 aromatic heterocycles. The molecular formula is C15H23N3O2. The van der Waals surface area contributed by atoms with Crippen LogP contribution in [0.15, 0.2) is 24.3 Å². The Kier molecular flexibility index (Phi) is 6.56. The lowest BCUT2D eigenvalue weighted by Gasteiger charge is -2.21. The standard InChI is InChI=1S/C15H23N3O2/c1-4-10-18(11-5-2)14(19)12-6-8-13(9-7-12)17-15(20)16-3/h6-9H,4-5,10-11H2,1-3H3,(H2,16,17,20). The minimum atomic E-state index is -0.275. The van der Waals surface area contributed by atoms with E-state index >= 15 is 0 Å². The molecule has 110 valence electrons. The van der Waals surface area contributed by atoms with E-state index in [9.17, 15) is 9.59 Å². The van der Waals surface area contributed by atoms with E-state index in [-0.39, 0.29) is 11.9 Å². The summed E-state index contributed by atoms with van der Waals surface area (Å²) in [5.74, 6) is 0.0418. The number of carbonyl (C=O) groups is 2. The number of benzene rings is 1. The molecule has 20 heavy (non-hydrogen) atoms. The third-order valence-electron chi connectivity index (χ3n) is 2.89. The number of nitrogens with one attached hydrogen (secondary N) is 2. The van der Waals surface area contributed by atoms with Crippen molar-refractivity contribution in [2.75, 3.05) is 25.5 Å². The predicted octanol–water partition coefficient (Wildman–Crippen LogP) is 2.70. The van der Waals surface area contributed by atoms with Crippen LogP contribution in [0.3, 0.4) is 0 Å². The molecule has 0 aliphatic rings. The molecule has 0 unspecified atom stereocenters. The fourth-order valence-electron chi connectivity index (χ4n) is 1.93. The number of hydrogen-bond acceptors (Lipinski definition) is 2. The summed E-state index contributed by atoms with van der Waals surface area (Å²) in [6, 6.07) is 6.68. The third-order valence-corrected chi connectivity index (χ3v) is 2.89. The number of amides is 3. The van der Waals surface area contributed by atoms with Crippen LogP contribution in [0.5, 0.6) is 0 Å². The number of urea groups is 1. The minimum absolute atomic E-state index is 0.0418. The van der Waals surface area contributed by atoms with Crippen molar-refractivity contribution in [2.24, 2.45) is 0 Å². The summed E-state index contributed by atoms with van der Waals surface area (Å²) >= 11 is 0. The Labute approximate surface area is 120 Å². The first-order chi connectivity index (χ1) is 9.62. The van der Waals surface area contributed by atoms with Crippen LogP contribution in [0.25, 0.3) is 0 Å². The van der Waals surface area contributed by atoms with Crippen molar-refractivity contribution in [1.82, 2.24) is 10.2 Å². The zero-order valence-corrected chi connectivity index (χ0v) is 12.4. The van der Waals surface area contributed by atoms with Gasteiger partial charge in [0.15, 0.2) is 0 Å². The Morgan fingerprint density at radius 1 is 1.05 bits per heavy atom. The minimum Gasteiger partial charge on any atom is -0.341 e. The van der Waals surface area contributed by atoms with Gasteiger partial charge in [-0.05, 0) is 37.1 Å². The maximum atomic E-state index is 12.3. The molecule has 1 aromatic rings. The fourth-order valence-corrected chi connectivity index (χ4v) is 1.93. The number of hydrogen-bond donors (Lipinski definition) is 2. The van der Waals surface area contributed by atoms with Crippen molar-refractivity contribution in [3.05, 3.63) is 29.8 Å². The van der Waals surface area contributed by atoms with Crippen molar-refractivity contribution >= 4 is 17.6 Å². The van der Waals surface area contributed by atoms with E-state index in [0.717, 1.165) is 25.9 Å². The lowest BCUT2D eigenvalue weighted by atomic mass is 10.1. The summed E-state index contributed by atoms with van der Waals surface area (Å²) in [7, 11) is 1.56. The molecule has 0 bridgehead atoms. The summed E-state index contributed by atoms with van der Waals surface area (Å²) < 4.78 is 0. The first-order valence-electron chi connectivity index (χ1n) is 7.00. The normalized spacial score (nSPS) is 9.95. The first-order valence-corrected chi connectivity index (χ1v) is 7.00. The molecule has 0 radical (unpaired) electrons. The Hall–Kier alpha value is -2.04. The zero-order chi connectivity index (χ0) is 15.0. The van der Waals surface area contributed by atoms with Crippen molar-refractivity contribution in [3.8, 4) is 0 Å². The van der Waals surface area contributed by atoms with Gasteiger partial charge < -0.3 is 15.5 Å². The maximum Gasteiger partial charge on any atom is 0.318 e. The molecule has 1 rings (SSSR count). The molecule has 0 atom stereocenters. The SMILES string of the molecule is CCCN(CCC)C(=O)c1ccc(NC(=O)NC)cc1. The summed E-state index contributed by atoms with van der Waals surface area (Å²) in [6.07, 6.45) is 1.89. The van der Waals surface area contributed by atoms with Crippen LogP contribution in [0.4, 0.5) is 10.5 Å². The molecule has 0 spiro atoms. The fraction of sp³-hybridized carbons (Fsp3) is 0.467. The quantitative estimate of drug-likeness (QED) is 0.839. The largest absolute Gasteiger partial charge is 0.341 e. The van der Waals surface area contributed by atoms with Gasteiger partial charge in [-0.15, -0.1) is 0 Å². The van der Waals surface area contributed by atoms with Crippen LogP contribution in [0.1, 0.15) is 37.0 Å². The molecule has 0 aliphatic heterocycles. The molecule has 5 heteroatoms. The Morgan fingerprint density at radius 3 is 2.05 bits per heavy atom. The first kappa shape index (κ1) is 16.0. The number of rotatable bonds is 6. The van der Waals surface area contributed by atoms with E-state index in [1.807, 2.05) is 4.90 Å². The van der Waals surface area contributed by atoms with Gasteiger partial charge in [0.05, 0.1) is 0 Å². The van der Waals surface area contributed by atoms with E-state index in [2.05, 4.69) is 24.5 Å². The summed E-state index contributed by atoms with van der Waals surface area (Å²) in [4.78, 5) is 25.4. The lowest BCUT2D eigenvalue weighted by molar-refractivity contribution is 0.0755. The molecule has 0 saturated heterocycles. The van der Waals surface area contributed by atoms with Crippen molar-refractivity contribution in [2.45, 2.75) is 26.7 Å². The number of nitrogens with zero attached hydrogens (tertiary/aromatic N) is 1. The smallest absolute Gasteiger partial charge is 0.318 e. The van der Waals surface area contributed by atoms with Gasteiger partial charge in [0.1, 0.15) is 0 Å². The molecule has 2 N–H and O–H groups in total. The highest BCUT2D eigenvalue weighted by Crippen LogP contribution is 2.12. The Balaban J connectivity index is 2.75. The summed E-state index contributed by atoms with van der Waals surface area (Å²) in [5, 5.41) is 5.14. The molecule has 1 aromatic carbocycles. The monoisotopic (exact) mass is 277 g/mol. The Morgan fingerprint density at radius 2 is 1.60 bits per heavy atom. The number of anilines is 1. The number of carbonyl (C=O) groups excluding carboxylic acids is 2. The second kappa shape index (κ2) is 8.19. The van der Waals surface area contributed by atoms with Crippen LogP contribution >= 0.6 is 0 Å². The average molecular weight is 277 g/mol. The van der Waals surface area contributed by atoms with E-state index in [1.54, 1.807) is 31.3 Å². The van der Waals surface area contributed by atoms with Gasteiger partial charge >= 0.3 is 6.03 Å². The van der Waals surface area contributed by atoms with E-state index in [4.69, 9.17) is 0 Å². The van der Waals surface area contributed by atoms with Crippen molar-refractivity contribution < 1.29 is 9.59 Å². The van der Waals surface area contributed by atoms with E-state index < -0.39 is 0 Å². The molecule has 3 amide bonds. The molecular weight excluding hydrogens is 254 g/mol.